The molecule has 1 heterocycles. The van der Waals surface area contributed by atoms with E-state index in [4.69, 9.17) is 9.84 Å². The number of carboxylic acid groups (broad SMARTS) is 1. The van der Waals surface area contributed by atoms with Crippen molar-refractivity contribution in [1.29, 1.82) is 0 Å². The van der Waals surface area contributed by atoms with Crippen LogP contribution in [0.1, 0.15) is 45.4 Å². The lowest BCUT2D eigenvalue weighted by Gasteiger charge is -2.22. The molecule has 0 bridgehead atoms. The van der Waals surface area contributed by atoms with Gasteiger partial charge in [-0.25, -0.2) is 0 Å². The Hall–Kier alpha value is -1.10. The number of hydrogen-bond donors (Lipinski definition) is 2. The summed E-state index contributed by atoms with van der Waals surface area (Å²) in [5, 5.41) is 11.4. The summed E-state index contributed by atoms with van der Waals surface area (Å²) < 4.78 is 5.50. The number of carboxylic acids is 1. The average molecular weight is 257 g/mol. The predicted molar refractivity (Wildman–Crippen MR) is 67.3 cm³/mol. The van der Waals surface area contributed by atoms with Gasteiger partial charge < -0.3 is 15.2 Å². The Kier molecular flexibility index (Phi) is 6.72. The fourth-order valence-electron chi connectivity index (χ4n) is 2.01. The third-order valence-corrected chi connectivity index (χ3v) is 3.19. The number of aliphatic carboxylic acids is 1. The second-order valence-corrected chi connectivity index (χ2v) is 5.03. The highest BCUT2D eigenvalue weighted by Gasteiger charge is 2.17. The molecule has 0 saturated carbocycles. The molecule has 1 aliphatic rings. The van der Waals surface area contributed by atoms with Crippen LogP contribution < -0.4 is 5.32 Å². The molecule has 0 spiro atoms. The van der Waals surface area contributed by atoms with Crippen molar-refractivity contribution in [2.24, 2.45) is 5.92 Å². The number of hydrogen-bond acceptors (Lipinski definition) is 3. The zero-order valence-electron chi connectivity index (χ0n) is 11.0. The molecule has 2 N–H and O–H groups in total. The van der Waals surface area contributed by atoms with Gasteiger partial charge in [0.15, 0.2) is 0 Å². The van der Waals surface area contributed by atoms with Crippen molar-refractivity contribution < 1.29 is 19.4 Å². The Morgan fingerprint density at radius 1 is 1.44 bits per heavy atom. The van der Waals surface area contributed by atoms with Crippen LogP contribution in [-0.4, -0.2) is 36.2 Å². The van der Waals surface area contributed by atoms with Crippen molar-refractivity contribution in [2.75, 3.05) is 13.2 Å². The number of carbonyl (C=O) groups is 2. The molecule has 0 aromatic carbocycles. The van der Waals surface area contributed by atoms with Crippen molar-refractivity contribution in [1.82, 2.24) is 5.32 Å². The monoisotopic (exact) mass is 257 g/mol. The molecule has 1 saturated heterocycles. The van der Waals surface area contributed by atoms with E-state index in [0.717, 1.165) is 25.9 Å². The molecule has 0 aliphatic carbocycles. The van der Waals surface area contributed by atoms with E-state index in [9.17, 15) is 9.59 Å². The maximum atomic E-state index is 11.6. The van der Waals surface area contributed by atoms with Crippen LogP contribution in [0.3, 0.4) is 0 Å². The minimum absolute atomic E-state index is 0.00377. The molecule has 1 aliphatic heterocycles. The van der Waals surface area contributed by atoms with Gasteiger partial charge in [0.25, 0.3) is 0 Å². The Labute approximate surface area is 108 Å². The summed E-state index contributed by atoms with van der Waals surface area (Å²) in [6, 6.07) is 0. The van der Waals surface area contributed by atoms with E-state index >= 15 is 0 Å². The van der Waals surface area contributed by atoms with Crippen LogP contribution in [0.15, 0.2) is 0 Å². The van der Waals surface area contributed by atoms with Gasteiger partial charge in [0, 0.05) is 19.6 Å². The van der Waals surface area contributed by atoms with E-state index in [-0.39, 0.29) is 24.3 Å². The number of nitrogens with one attached hydrogen (secondary N) is 1. The van der Waals surface area contributed by atoms with Gasteiger partial charge in [-0.05, 0) is 31.6 Å². The second-order valence-electron chi connectivity index (χ2n) is 5.03. The van der Waals surface area contributed by atoms with Crippen molar-refractivity contribution in [3.63, 3.8) is 0 Å². The molecule has 1 fully saturated rings. The minimum Gasteiger partial charge on any atom is -0.481 e. The lowest BCUT2D eigenvalue weighted by molar-refractivity contribution is -0.137. The Balaban J connectivity index is 2.10. The minimum atomic E-state index is -0.788. The van der Waals surface area contributed by atoms with Crippen LogP contribution in [0.25, 0.3) is 0 Å². The van der Waals surface area contributed by atoms with E-state index in [2.05, 4.69) is 5.32 Å². The smallest absolute Gasteiger partial charge is 0.303 e. The van der Waals surface area contributed by atoms with Crippen molar-refractivity contribution in [2.45, 2.75) is 51.6 Å². The first-order valence-electron chi connectivity index (χ1n) is 6.68. The van der Waals surface area contributed by atoms with E-state index in [1.165, 1.54) is 0 Å². The first-order valence-corrected chi connectivity index (χ1v) is 6.68. The number of carbonyl (C=O) groups excluding carboxylic acids is 1. The van der Waals surface area contributed by atoms with Crippen LogP contribution in [-0.2, 0) is 14.3 Å². The summed E-state index contributed by atoms with van der Waals surface area (Å²) in [7, 11) is 0. The van der Waals surface area contributed by atoms with Crippen LogP contribution in [0, 0.1) is 5.92 Å². The van der Waals surface area contributed by atoms with Gasteiger partial charge in [-0.3, -0.25) is 9.59 Å². The average Bonchev–Trinajstić information content (AvgIpc) is 2.35. The SMILES string of the molecule is CC(CCC(=O)O)CNC(=O)CC1CCCCO1. The number of ether oxygens (including phenoxy) is 1. The van der Waals surface area contributed by atoms with Gasteiger partial charge >= 0.3 is 5.97 Å². The largest absolute Gasteiger partial charge is 0.481 e. The maximum absolute atomic E-state index is 11.6. The van der Waals surface area contributed by atoms with Crippen LogP contribution in [0.2, 0.25) is 0 Å². The zero-order valence-corrected chi connectivity index (χ0v) is 11.0. The normalized spacial score (nSPS) is 21.3. The molecule has 104 valence electrons. The summed E-state index contributed by atoms with van der Waals surface area (Å²) in [4.78, 5) is 22.0. The van der Waals surface area contributed by atoms with Gasteiger partial charge in [-0.15, -0.1) is 0 Å². The summed E-state index contributed by atoms with van der Waals surface area (Å²) in [6.45, 7) is 3.24. The van der Waals surface area contributed by atoms with Gasteiger partial charge in [-0.2, -0.15) is 0 Å². The van der Waals surface area contributed by atoms with E-state index in [1.54, 1.807) is 0 Å². The predicted octanol–water partition coefficient (Wildman–Crippen LogP) is 1.56. The highest BCUT2D eigenvalue weighted by molar-refractivity contribution is 5.76. The third kappa shape index (κ3) is 6.59. The molecule has 2 unspecified atom stereocenters. The Bertz CT molecular complexity index is 274. The summed E-state index contributed by atoms with van der Waals surface area (Å²) >= 11 is 0. The van der Waals surface area contributed by atoms with Crippen molar-refractivity contribution in [3.8, 4) is 0 Å². The third-order valence-electron chi connectivity index (χ3n) is 3.19. The lowest BCUT2D eigenvalue weighted by atomic mass is 10.0. The lowest BCUT2D eigenvalue weighted by Crippen LogP contribution is -2.33. The van der Waals surface area contributed by atoms with Crippen molar-refractivity contribution in [3.05, 3.63) is 0 Å². The zero-order chi connectivity index (χ0) is 13.4. The summed E-state index contributed by atoms with van der Waals surface area (Å²) in [6.07, 6.45) is 4.41. The molecule has 5 heteroatoms. The highest BCUT2D eigenvalue weighted by atomic mass is 16.5. The topological polar surface area (TPSA) is 75.6 Å². The van der Waals surface area contributed by atoms with Gasteiger partial charge in [0.2, 0.25) is 5.91 Å². The molecule has 1 rings (SSSR count). The first-order chi connectivity index (χ1) is 8.58. The van der Waals surface area contributed by atoms with E-state index in [0.29, 0.717) is 19.4 Å². The molecular weight excluding hydrogens is 234 g/mol. The molecule has 0 radical (unpaired) electrons. The maximum Gasteiger partial charge on any atom is 0.303 e. The van der Waals surface area contributed by atoms with E-state index in [1.807, 2.05) is 6.92 Å². The van der Waals surface area contributed by atoms with Crippen LogP contribution >= 0.6 is 0 Å². The van der Waals surface area contributed by atoms with Gasteiger partial charge in [-0.1, -0.05) is 6.92 Å². The molecule has 1 amide bonds. The first kappa shape index (κ1) is 15.0. The Morgan fingerprint density at radius 3 is 2.83 bits per heavy atom. The van der Waals surface area contributed by atoms with Gasteiger partial charge in [0.05, 0.1) is 12.5 Å². The number of rotatable bonds is 7. The fraction of sp³-hybridized carbons (Fsp3) is 0.846. The van der Waals surface area contributed by atoms with E-state index < -0.39 is 5.97 Å². The van der Waals surface area contributed by atoms with Crippen molar-refractivity contribution >= 4 is 11.9 Å². The molecule has 18 heavy (non-hydrogen) atoms. The molecule has 0 aromatic heterocycles. The quantitative estimate of drug-likeness (QED) is 0.725. The molecule has 0 aromatic rings. The Morgan fingerprint density at radius 2 is 2.22 bits per heavy atom. The van der Waals surface area contributed by atoms with Crippen LogP contribution in [0.4, 0.5) is 0 Å². The van der Waals surface area contributed by atoms with Gasteiger partial charge in [0.1, 0.15) is 0 Å². The number of amides is 1. The van der Waals surface area contributed by atoms with Crippen LogP contribution in [0.5, 0.6) is 0 Å². The highest BCUT2D eigenvalue weighted by Crippen LogP contribution is 2.15. The summed E-state index contributed by atoms with van der Waals surface area (Å²) in [5.74, 6) is -0.592. The summed E-state index contributed by atoms with van der Waals surface area (Å²) in [5.41, 5.74) is 0. The standard InChI is InChI=1S/C13H23NO4/c1-10(5-6-13(16)17)9-14-12(15)8-11-4-2-3-7-18-11/h10-11H,2-9H2,1H3,(H,14,15)(H,16,17). The molecular formula is C13H23NO4. The fourth-order valence-corrected chi connectivity index (χ4v) is 2.01. The molecule has 2 atom stereocenters. The second kappa shape index (κ2) is 8.08. The molecule has 5 nitrogen and oxygen atoms in total.